The first kappa shape index (κ1) is 13.1. The molecule has 17 heavy (non-hydrogen) atoms. The van der Waals surface area contributed by atoms with E-state index in [9.17, 15) is 0 Å². The first-order chi connectivity index (χ1) is 8.24. The first-order valence-electron chi connectivity index (χ1n) is 6.70. The number of thiophene rings is 1. The molecule has 2 rings (SSSR count). The van der Waals surface area contributed by atoms with Gasteiger partial charge in [0.1, 0.15) is 0 Å². The van der Waals surface area contributed by atoms with Crippen LogP contribution in [0.1, 0.15) is 37.6 Å². The van der Waals surface area contributed by atoms with Gasteiger partial charge in [-0.15, -0.1) is 11.3 Å². The number of rotatable bonds is 6. The predicted octanol–water partition coefficient (Wildman–Crippen LogP) is 3.13. The van der Waals surface area contributed by atoms with E-state index in [4.69, 9.17) is 0 Å². The third-order valence-electron chi connectivity index (χ3n) is 4.12. The van der Waals surface area contributed by atoms with Gasteiger partial charge in [-0.2, -0.15) is 0 Å². The zero-order valence-electron chi connectivity index (χ0n) is 11.1. The summed E-state index contributed by atoms with van der Waals surface area (Å²) in [7, 11) is 2.28. The predicted molar refractivity (Wildman–Crippen MR) is 75.6 cm³/mol. The van der Waals surface area contributed by atoms with E-state index in [0.29, 0.717) is 6.04 Å². The largest absolute Gasteiger partial charge is 0.317 e. The first-order valence-corrected chi connectivity index (χ1v) is 7.58. The number of nitrogens with zero attached hydrogens (tertiary/aromatic N) is 1. The van der Waals surface area contributed by atoms with Gasteiger partial charge in [0, 0.05) is 17.0 Å². The molecule has 96 valence electrons. The van der Waals surface area contributed by atoms with E-state index in [1.54, 1.807) is 0 Å². The molecule has 1 aliphatic carbocycles. The van der Waals surface area contributed by atoms with Crippen LogP contribution in [-0.2, 0) is 0 Å². The molecular formula is C14H24N2S. The van der Waals surface area contributed by atoms with Crippen LogP contribution >= 0.6 is 11.3 Å². The Hall–Kier alpha value is -0.380. The van der Waals surface area contributed by atoms with Gasteiger partial charge in [-0.25, -0.2) is 0 Å². The summed E-state index contributed by atoms with van der Waals surface area (Å²) < 4.78 is 0. The van der Waals surface area contributed by atoms with E-state index >= 15 is 0 Å². The Balaban J connectivity index is 1.89. The molecule has 0 amide bonds. The van der Waals surface area contributed by atoms with Crippen molar-refractivity contribution in [2.75, 3.05) is 20.1 Å². The van der Waals surface area contributed by atoms with Crippen LogP contribution in [0.3, 0.4) is 0 Å². The summed E-state index contributed by atoms with van der Waals surface area (Å²) in [6.07, 6.45) is 2.75. The Morgan fingerprint density at radius 1 is 1.53 bits per heavy atom. The zero-order valence-corrected chi connectivity index (χ0v) is 12.0. The van der Waals surface area contributed by atoms with Gasteiger partial charge in [-0.1, -0.05) is 13.0 Å². The Morgan fingerprint density at radius 3 is 2.88 bits per heavy atom. The quantitative estimate of drug-likeness (QED) is 0.837. The minimum atomic E-state index is 0.560. The minimum absolute atomic E-state index is 0.560. The van der Waals surface area contributed by atoms with Crippen molar-refractivity contribution in [2.24, 2.45) is 5.92 Å². The molecular weight excluding hydrogens is 228 g/mol. The molecule has 0 aliphatic heterocycles. The maximum absolute atomic E-state index is 3.48. The van der Waals surface area contributed by atoms with Crippen LogP contribution in [0.5, 0.6) is 0 Å². The summed E-state index contributed by atoms with van der Waals surface area (Å²) in [5, 5.41) is 5.66. The second-order valence-corrected chi connectivity index (χ2v) is 6.05. The molecule has 3 unspecified atom stereocenters. The van der Waals surface area contributed by atoms with Crippen LogP contribution in [-0.4, -0.2) is 31.1 Å². The lowest BCUT2D eigenvalue weighted by molar-refractivity contribution is 0.0563. The van der Waals surface area contributed by atoms with Crippen LogP contribution in [0.15, 0.2) is 17.5 Å². The van der Waals surface area contributed by atoms with Crippen molar-refractivity contribution in [3.63, 3.8) is 0 Å². The molecule has 1 aromatic heterocycles. The summed E-state index contributed by atoms with van der Waals surface area (Å²) in [5.41, 5.74) is 0. The summed E-state index contributed by atoms with van der Waals surface area (Å²) >= 11 is 1.87. The maximum Gasteiger partial charge on any atom is 0.0413 e. The standard InChI is InChI=1S/C14H24N2S/c1-4-15-10-12-7-8-13(12)16(3)11(2)14-6-5-9-17-14/h5-6,9,11-13,15H,4,7-8,10H2,1-3H3. The van der Waals surface area contributed by atoms with Crippen LogP contribution in [0, 0.1) is 5.92 Å². The Bertz CT molecular complexity index is 323. The molecule has 0 aromatic carbocycles. The normalized spacial score (nSPS) is 25.9. The smallest absolute Gasteiger partial charge is 0.0413 e. The lowest BCUT2D eigenvalue weighted by atomic mass is 9.78. The fraction of sp³-hybridized carbons (Fsp3) is 0.714. The molecule has 2 nitrogen and oxygen atoms in total. The second kappa shape index (κ2) is 5.98. The molecule has 0 saturated heterocycles. The third kappa shape index (κ3) is 2.90. The molecule has 1 fully saturated rings. The van der Waals surface area contributed by atoms with Gasteiger partial charge in [0.25, 0.3) is 0 Å². The van der Waals surface area contributed by atoms with Gasteiger partial charge in [0.2, 0.25) is 0 Å². The van der Waals surface area contributed by atoms with Gasteiger partial charge < -0.3 is 5.32 Å². The molecule has 1 aliphatic rings. The van der Waals surface area contributed by atoms with Gasteiger partial charge in [-0.3, -0.25) is 4.90 Å². The van der Waals surface area contributed by atoms with Crippen molar-refractivity contribution < 1.29 is 0 Å². The highest BCUT2D eigenvalue weighted by atomic mass is 32.1. The van der Waals surface area contributed by atoms with Crippen LogP contribution in [0.2, 0.25) is 0 Å². The minimum Gasteiger partial charge on any atom is -0.317 e. The lowest BCUT2D eigenvalue weighted by Gasteiger charge is -2.45. The fourth-order valence-electron chi connectivity index (χ4n) is 2.67. The Morgan fingerprint density at radius 2 is 2.35 bits per heavy atom. The Labute approximate surface area is 109 Å². The average Bonchev–Trinajstić information content (AvgIpc) is 2.80. The van der Waals surface area contributed by atoms with Crippen molar-refractivity contribution in [2.45, 2.75) is 38.8 Å². The SMILES string of the molecule is CCNCC1CCC1N(C)C(C)c1cccs1. The highest BCUT2D eigenvalue weighted by Crippen LogP contribution is 2.36. The lowest BCUT2D eigenvalue weighted by Crippen LogP contribution is -2.49. The molecule has 0 bridgehead atoms. The van der Waals surface area contributed by atoms with Crippen molar-refractivity contribution in [1.82, 2.24) is 10.2 Å². The second-order valence-electron chi connectivity index (χ2n) is 5.07. The van der Waals surface area contributed by atoms with E-state index in [1.807, 2.05) is 11.3 Å². The summed E-state index contributed by atoms with van der Waals surface area (Å²) in [6.45, 7) is 6.79. The van der Waals surface area contributed by atoms with Crippen LogP contribution < -0.4 is 5.32 Å². The summed E-state index contributed by atoms with van der Waals surface area (Å²) in [5.74, 6) is 0.849. The summed E-state index contributed by atoms with van der Waals surface area (Å²) in [6, 6.07) is 5.74. The molecule has 0 radical (unpaired) electrons. The molecule has 3 heteroatoms. The fourth-order valence-corrected chi connectivity index (χ4v) is 3.51. The van der Waals surface area contributed by atoms with Gasteiger partial charge in [0.05, 0.1) is 0 Å². The van der Waals surface area contributed by atoms with Crippen molar-refractivity contribution in [3.05, 3.63) is 22.4 Å². The average molecular weight is 252 g/mol. The van der Waals surface area contributed by atoms with E-state index in [1.165, 1.54) is 24.3 Å². The van der Waals surface area contributed by atoms with E-state index in [0.717, 1.165) is 18.5 Å². The highest BCUT2D eigenvalue weighted by molar-refractivity contribution is 7.10. The van der Waals surface area contributed by atoms with Crippen LogP contribution in [0.25, 0.3) is 0 Å². The number of hydrogen-bond donors (Lipinski definition) is 1. The van der Waals surface area contributed by atoms with Crippen molar-refractivity contribution >= 4 is 11.3 Å². The maximum atomic E-state index is 3.48. The van der Waals surface area contributed by atoms with E-state index in [2.05, 4.69) is 48.6 Å². The monoisotopic (exact) mass is 252 g/mol. The number of nitrogens with one attached hydrogen (secondary N) is 1. The zero-order chi connectivity index (χ0) is 12.3. The molecule has 1 aromatic rings. The number of hydrogen-bond acceptors (Lipinski definition) is 3. The molecule has 1 saturated carbocycles. The van der Waals surface area contributed by atoms with Crippen LogP contribution in [0.4, 0.5) is 0 Å². The topological polar surface area (TPSA) is 15.3 Å². The van der Waals surface area contributed by atoms with E-state index < -0.39 is 0 Å². The van der Waals surface area contributed by atoms with Gasteiger partial charge in [-0.05, 0) is 57.3 Å². The van der Waals surface area contributed by atoms with E-state index in [-0.39, 0.29) is 0 Å². The Kier molecular flexibility index (Phi) is 4.60. The highest BCUT2D eigenvalue weighted by Gasteiger charge is 2.35. The van der Waals surface area contributed by atoms with Gasteiger partial charge >= 0.3 is 0 Å². The van der Waals surface area contributed by atoms with Gasteiger partial charge in [0.15, 0.2) is 0 Å². The third-order valence-corrected chi connectivity index (χ3v) is 5.17. The molecule has 3 atom stereocenters. The summed E-state index contributed by atoms with van der Waals surface area (Å²) in [4.78, 5) is 4.05. The molecule has 1 N–H and O–H groups in total. The van der Waals surface area contributed by atoms with Crippen molar-refractivity contribution in [1.29, 1.82) is 0 Å². The van der Waals surface area contributed by atoms with Crippen molar-refractivity contribution in [3.8, 4) is 0 Å². The molecule has 0 spiro atoms. The molecule has 1 heterocycles.